The minimum Gasteiger partial charge on any atom is -0.341 e. The molecule has 1 aliphatic heterocycles. The van der Waals surface area contributed by atoms with Gasteiger partial charge in [-0.1, -0.05) is 30.4 Å². The first-order valence-corrected chi connectivity index (χ1v) is 11.7. The van der Waals surface area contributed by atoms with Crippen molar-refractivity contribution in [3.8, 4) is 11.1 Å². The predicted octanol–water partition coefficient (Wildman–Crippen LogP) is 6.59. The van der Waals surface area contributed by atoms with E-state index in [1.165, 1.54) is 19.3 Å². The van der Waals surface area contributed by atoms with Crippen LogP contribution in [0.15, 0.2) is 54.1 Å². The number of hydrogen-bond acceptors (Lipinski definition) is 2. The van der Waals surface area contributed by atoms with Crippen LogP contribution < -0.4 is 0 Å². The predicted molar refractivity (Wildman–Crippen MR) is 122 cm³/mol. The van der Waals surface area contributed by atoms with Crippen LogP contribution >= 0.6 is 0 Å². The number of aromatic amines is 1. The van der Waals surface area contributed by atoms with Crippen molar-refractivity contribution < 1.29 is 8.78 Å². The number of benzene rings is 2. The molecule has 3 unspecified atom stereocenters. The quantitative estimate of drug-likeness (QED) is 0.498. The number of nitrogens with one attached hydrogen (secondary N) is 1. The number of imidazole rings is 1. The van der Waals surface area contributed by atoms with Gasteiger partial charge in [0.05, 0.1) is 17.1 Å². The molecule has 2 bridgehead atoms. The molecule has 4 aliphatic rings. The number of allylic oxidation sites excluding steroid dienone is 4. The van der Waals surface area contributed by atoms with Crippen LogP contribution in [0.1, 0.15) is 55.1 Å². The van der Waals surface area contributed by atoms with Crippen molar-refractivity contribution in [3.05, 3.63) is 71.1 Å². The molecular weight excluding hydrogens is 404 g/mol. The average molecular weight is 430 g/mol. The summed E-state index contributed by atoms with van der Waals surface area (Å²) >= 11 is 0. The van der Waals surface area contributed by atoms with E-state index in [1.54, 1.807) is 6.07 Å². The molecule has 1 saturated carbocycles. The molecule has 1 N–H and O–H groups in total. The smallest absolute Gasteiger partial charge is 0.296 e. The summed E-state index contributed by atoms with van der Waals surface area (Å²) in [6.45, 7) is 0. The molecule has 5 heteroatoms. The van der Waals surface area contributed by atoms with Crippen molar-refractivity contribution >= 4 is 16.6 Å². The molecule has 0 spiro atoms. The number of fused-ring (bicyclic) bond motifs is 5. The second-order valence-corrected chi connectivity index (χ2v) is 9.86. The van der Waals surface area contributed by atoms with Gasteiger partial charge >= 0.3 is 0 Å². The first kappa shape index (κ1) is 18.8. The first-order chi connectivity index (χ1) is 15.5. The molecule has 1 aromatic heterocycles. The molecule has 7 rings (SSSR count). The van der Waals surface area contributed by atoms with E-state index in [4.69, 9.17) is 4.98 Å². The highest BCUT2D eigenvalue weighted by Crippen LogP contribution is 2.53. The zero-order valence-electron chi connectivity index (χ0n) is 18.0. The van der Waals surface area contributed by atoms with E-state index in [9.17, 15) is 0 Å². The van der Waals surface area contributed by atoms with Crippen LogP contribution in [0.25, 0.3) is 27.7 Å². The van der Waals surface area contributed by atoms with E-state index in [0.717, 1.165) is 28.0 Å². The fraction of sp³-hybridized carbons (Fsp3) is 0.370. The van der Waals surface area contributed by atoms with Gasteiger partial charge in [-0.3, -0.25) is 4.90 Å². The van der Waals surface area contributed by atoms with Crippen molar-refractivity contribution in [1.29, 1.82) is 0 Å². The van der Waals surface area contributed by atoms with Gasteiger partial charge in [-0.05, 0) is 85.5 Å². The minimum atomic E-state index is -2.89. The Bertz CT molecular complexity index is 1330. The molecule has 2 aromatic carbocycles. The standard InChI is InChI=1S/C27H25F2N3/c1-32-18-9-6-17(12-18)25(32)26-30-23-11-8-16(14-24(23)31-26)15-7-10-20-19-4-2-3-5-21(19)27(28,29)22(20)13-15/h2,4,7-8,10-11,13-14,17-18,25H,3,5-6,9,12H2,1H3,(H,30,31). The van der Waals surface area contributed by atoms with Gasteiger partial charge in [0.15, 0.2) is 0 Å². The lowest BCUT2D eigenvalue weighted by atomic mass is 9.97. The lowest BCUT2D eigenvalue weighted by Crippen LogP contribution is -2.31. The maximum absolute atomic E-state index is 15.2. The number of hydrogen-bond donors (Lipinski definition) is 1. The van der Waals surface area contributed by atoms with Crippen molar-refractivity contribution in [3.63, 3.8) is 0 Å². The summed E-state index contributed by atoms with van der Waals surface area (Å²) in [7, 11) is 2.21. The number of alkyl halides is 2. The van der Waals surface area contributed by atoms with Crippen molar-refractivity contribution in [2.45, 2.75) is 50.1 Å². The van der Waals surface area contributed by atoms with Gasteiger partial charge in [0.1, 0.15) is 5.82 Å². The highest BCUT2D eigenvalue weighted by Gasteiger charge is 2.47. The number of aromatic nitrogens is 2. The van der Waals surface area contributed by atoms with Crippen LogP contribution in [-0.2, 0) is 5.92 Å². The highest BCUT2D eigenvalue weighted by molar-refractivity contribution is 5.88. The summed E-state index contributed by atoms with van der Waals surface area (Å²) in [6, 6.07) is 12.6. The van der Waals surface area contributed by atoms with E-state index in [-0.39, 0.29) is 11.1 Å². The van der Waals surface area contributed by atoms with Gasteiger partial charge in [0.2, 0.25) is 0 Å². The second kappa shape index (κ2) is 6.38. The Morgan fingerprint density at radius 3 is 2.78 bits per heavy atom. The third kappa shape index (κ3) is 2.46. The molecule has 2 heterocycles. The summed E-state index contributed by atoms with van der Waals surface area (Å²) in [4.78, 5) is 10.9. The second-order valence-electron chi connectivity index (χ2n) is 9.86. The molecule has 162 valence electrons. The van der Waals surface area contributed by atoms with Crippen LogP contribution in [0.5, 0.6) is 0 Å². The monoisotopic (exact) mass is 429 g/mol. The normalized spacial score (nSPS) is 28.0. The number of rotatable bonds is 2. The van der Waals surface area contributed by atoms with Gasteiger partial charge in [-0.15, -0.1) is 0 Å². The molecule has 32 heavy (non-hydrogen) atoms. The average Bonchev–Trinajstić information content (AvgIpc) is 3.55. The zero-order chi connectivity index (χ0) is 21.6. The van der Waals surface area contributed by atoms with E-state index < -0.39 is 5.92 Å². The lowest BCUT2D eigenvalue weighted by Gasteiger charge is -2.30. The Balaban J connectivity index is 1.27. The SMILES string of the molecule is CN1C2CCC(C2)C1c1nc2ccc(-c3ccc4c(c3)C(F)(F)C3=C4C=CCC3)cc2[nH]1. The number of likely N-dealkylation sites (tertiary alicyclic amines) is 1. The molecule has 3 atom stereocenters. The third-order valence-electron chi connectivity index (χ3n) is 8.22. The molecule has 0 amide bonds. The molecule has 1 saturated heterocycles. The number of nitrogens with zero attached hydrogens (tertiary/aromatic N) is 2. The Kier molecular flexibility index (Phi) is 3.74. The number of halogens is 2. The summed E-state index contributed by atoms with van der Waals surface area (Å²) in [6.07, 6.45) is 8.81. The van der Waals surface area contributed by atoms with Crippen molar-refractivity contribution in [2.75, 3.05) is 7.05 Å². The molecule has 3 nitrogen and oxygen atoms in total. The van der Waals surface area contributed by atoms with Crippen LogP contribution in [0.2, 0.25) is 0 Å². The molecule has 0 radical (unpaired) electrons. The molecule has 3 aromatic rings. The van der Waals surface area contributed by atoms with E-state index >= 15 is 8.78 Å². The summed E-state index contributed by atoms with van der Waals surface area (Å²) in [5.74, 6) is -1.17. The Labute approximate surface area is 185 Å². The van der Waals surface area contributed by atoms with Crippen molar-refractivity contribution in [1.82, 2.24) is 14.9 Å². The fourth-order valence-electron chi connectivity index (χ4n) is 6.60. The summed E-state index contributed by atoms with van der Waals surface area (Å²) in [5.41, 5.74) is 5.47. The van der Waals surface area contributed by atoms with Crippen LogP contribution in [0, 0.1) is 5.92 Å². The highest BCUT2D eigenvalue weighted by atomic mass is 19.3. The first-order valence-electron chi connectivity index (χ1n) is 11.7. The molecular formula is C27H25F2N3. The molecule has 3 aliphatic carbocycles. The largest absolute Gasteiger partial charge is 0.341 e. The Morgan fingerprint density at radius 2 is 1.94 bits per heavy atom. The summed E-state index contributed by atoms with van der Waals surface area (Å²) in [5, 5.41) is 0. The Hall–Kier alpha value is -2.79. The van der Waals surface area contributed by atoms with Gasteiger partial charge < -0.3 is 4.98 Å². The zero-order valence-corrected chi connectivity index (χ0v) is 18.0. The summed E-state index contributed by atoms with van der Waals surface area (Å²) < 4.78 is 30.4. The van der Waals surface area contributed by atoms with Gasteiger partial charge in [-0.25, -0.2) is 4.98 Å². The third-order valence-corrected chi connectivity index (χ3v) is 8.22. The fourth-order valence-corrected chi connectivity index (χ4v) is 6.60. The van der Waals surface area contributed by atoms with E-state index in [2.05, 4.69) is 23.0 Å². The lowest BCUT2D eigenvalue weighted by molar-refractivity contribution is 0.0385. The maximum Gasteiger partial charge on any atom is 0.296 e. The topological polar surface area (TPSA) is 31.9 Å². The number of H-pyrrole nitrogens is 1. The van der Waals surface area contributed by atoms with E-state index in [1.807, 2.05) is 36.4 Å². The van der Waals surface area contributed by atoms with Gasteiger partial charge in [-0.2, -0.15) is 8.78 Å². The van der Waals surface area contributed by atoms with Crippen LogP contribution in [0.3, 0.4) is 0 Å². The van der Waals surface area contributed by atoms with Crippen LogP contribution in [-0.4, -0.2) is 28.0 Å². The van der Waals surface area contributed by atoms with E-state index in [0.29, 0.717) is 42.0 Å². The van der Waals surface area contributed by atoms with Gasteiger partial charge in [0, 0.05) is 17.2 Å². The van der Waals surface area contributed by atoms with Crippen molar-refractivity contribution in [2.24, 2.45) is 5.92 Å². The Morgan fingerprint density at radius 1 is 1.09 bits per heavy atom. The van der Waals surface area contributed by atoms with Crippen LogP contribution in [0.4, 0.5) is 8.78 Å². The molecule has 2 fully saturated rings. The maximum atomic E-state index is 15.2. The minimum absolute atomic E-state index is 0.139. The van der Waals surface area contributed by atoms with Gasteiger partial charge in [0.25, 0.3) is 5.92 Å². The number of piperidine rings is 1.